The summed E-state index contributed by atoms with van der Waals surface area (Å²) in [6, 6.07) is 4.78. The topological polar surface area (TPSA) is 49.3 Å². The number of aryl methyl sites for hydroxylation is 1. The summed E-state index contributed by atoms with van der Waals surface area (Å²) in [6.07, 6.45) is 8.11. The molecule has 1 saturated carbocycles. The Hall–Kier alpha value is -0.850. The molecule has 0 aliphatic heterocycles. The summed E-state index contributed by atoms with van der Waals surface area (Å²) in [4.78, 5) is 8.70. The van der Waals surface area contributed by atoms with Gasteiger partial charge in [-0.2, -0.15) is 0 Å². The van der Waals surface area contributed by atoms with Crippen LogP contribution < -0.4 is 10.6 Å². The molecule has 1 aliphatic rings. The zero-order chi connectivity index (χ0) is 16.7. The van der Waals surface area contributed by atoms with Crippen LogP contribution in [-0.4, -0.2) is 30.6 Å². The first-order valence-corrected chi connectivity index (χ1v) is 8.97. The van der Waals surface area contributed by atoms with Crippen molar-refractivity contribution in [3.05, 3.63) is 29.6 Å². The summed E-state index contributed by atoms with van der Waals surface area (Å²) in [5.74, 6) is 2.65. The first-order valence-electron chi connectivity index (χ1n) is 8.97. The van der Waals surface area contributed by atoms with E-state index in [1.54, 1.807) is 0 Å². The van der Waals surface area contributed by atoms with Gasteiger partial charge in [-0.1, -0.05) is 19.9 Å². The van der Waals surface area contributed by atoms with E-state index in [4.69, 9.17) is 0 Å². The van der Waals surface area contributed by atoms with Crippen molar-refractivity contribution in [2.75, 3.05) is 13.6 Å². The summed E-state index contributed by atoms with van der Waals surface area (Å²) in [5, 5.41) is 7.01. The minimum atomic E-state index is 0. The molecule has 1 aromatic rings. The maximum Gasteiger partial charge on any atom is 0.191 e. The predicted octanol–water partition coefficient (Wildman–Crippen LogP) is 3.93. The lowest BCUT2D eigenvalue weighted by Gasteiger charge is -2.32. The zero-order valence-corrected chi connectivity index (χ0v) is 17.8. The van der Waals surface area contributed by atoms with Crippen molar-refractivity contribution >= 4 is 29.9 Å². The van der Waals surface area contributed by atoms with Crippen molar-refractivity contribution in [3.63, 3.8) is 0 Å². The maximum absolute atomic E-state index is 4.36. The van der Waals surface area contributed by atoms with E-state index in [-0.39, 0.29) is 24.0 Å². The molecule has 0 radical (unpaired) electrons. The molecule has 1 aromatic heterocycles. The number of halogens is 1. The molecule has 2 N–H and O–H groups in total. The van der Waals surface area contributed by atoms with Crippen LogP contribution in [0.15, 0.2) is 23.3 Å². The second-order valence-electron chi connectivity index (χ2n) is 7.06. The number of rotatable bonds is 5. The van der Waals surface area contributed by atoms with Gasteiger partial charge in [-0.25, -0.2) is 0 Å². The van der Waals surface area contributed by atoms with Gasteiger partial charge in [0.1, 0.15) is 0 Å². The maximum atomic E-state index is 4.36. The molecule has 0 bridgehead atoms. The summed E-state index contributed by atoms with van der Waals surface area (Å²) in [6.45, 7) is 7.59. The van der Waals surface area contributed by atoms with Crippen molar-refractivity contribution in [1.29, 1.82) is 0 Å². The van der Waals surface area contributed by atoms with Gasteiger partial charge in [0.05, 0.1) is 0 Å². The van der Waals surface area contributed by atoms with Gasteiger partial charge >= 0.3 is 0 Å². The number of guanidine groups is 1. The zero-order valence-electron chi connectivity index (χ0n) is 15.5. The van der Waals surface area contributed by atoms with Crippen LogP contribution in [0, 0.1) is 18.8 Å². The first kappa shape index (κ1) is 21.2. The van der Waals surface area contributed by atoms with E-state index in [0.29, 0.717) is 6.04 Å². The molecule has 0 saturated heterocycles. The third kappa shape index (κ3) is 6.95. The third-order valence-electron chi connectivity index (χ3n) is 4.96. The standard InChI is InChI=1S/C19H32N4.HI/c1-14(2)17-7-9-18(10-8-17)23-19(20-4)21-12-11-16-6-5-15(3)22-13-16;/h5-6,13-14,17-18H,7-12H2,1-4H3,(H2,20,21,23);1H. The number of aliphatic imine (C=N–C) groups is 1. The van der Waals surface area contributed by atoms with Gasteiger partial charge in [0.15, 0.2) is 5.96 Å². The van der Waals surface area contributed by atoms with E-state index in [1.807, 2.05) is 20.2 Å². The number of pyridine rings is 1. The van der Waals surface area contributed by atoms with E-state index in [2.05, 4.69) is 46.6 Å². The highest BCUT2D eigenvalue weighted by molar-refractivity contribution is 14.0. The molecule has 4 nitrogen and oxygen atoms in total. The molecule has 5 heteroatoms. The minimum Gasteiger partial charge on any atom is -0.356 e. The van der Waals surface area contributed by atoms with Gasteiger partial charge in [-0.15, -0.1) is 24.0 Å². The third-order valence-corrected chi connectivity index (χ3v) is 4.96. The Labute approximate surface area is 164 Å². The van der Waals surface area contributed by atoms with Gasteiger partial charge < -0.3 is 10.6 Å². The second kappa shape index (κ2) is 10.9. The van der Waals surface area contributed by atoms with E-state index in [9.17, 15) is 0 Å². The van der Waals surface area contributed by atoms with Crippen LogP contribution >= 0.6 is 24.0 Å². The molecule has 1 heterocycles. The van der Waals surface area contributed by atoms with Gasteiger partial charge in [0, 0.05) is 31.5 Å². The first-order chi connectivity index (χ1) is 11.1. The number of nitrogens with one attached hydrogen (secondary N) is 2. The van der Waals surface area contributed by atoms with Crippen LogP contribution in [0.2, 0.25) is 0 Å². The Balaban J connectivity index is 0.00000288. The number of aromatic nitrogens is 1. The van der Waals surface area contributed by atoms with Crippen molar-refractivity contribution in [2.45, 2.75) is 58.9 Å². The van der Waals surface area contributed by atoms with Crippen LogP contribution in [0.3, 0.4) is 0 Å². The fourth-order valence-electron chi connectivity index (χ4n) is 3.29. The molecule has 0 aromatic carbocycles. The quantitative estimate of drug-likeness (QED) is 0.411. The van der Waals surface area contributed by atoms with Crippen LogP contribution in [0.1, 0.15) is 50.8 Å². The highest BCUT2D eigenvalue weighted by Gasteiger charge is 2.23. The van der Waals surface area contributed by atoms with E-state index < -0.39 is 0 Å². The lowest BCUT2D eigenvalue weighted by Crippen LogP contribution is -2.45. The molecule has 1 aliphatic carbocycles. The van der Waals surface area contributed by atoms with E-state index in [1.165, 1.54) is 31.2 Å². The number of nitrogens with zero attached hydrogens (tertiary/aromatic N) is 2. The largest absolute Gasteiger partial charge is 0.356 e. The fraction of sp³-hybridized carbons (Fsp3) is 0.684. The number of hydrogen-bond donors (Lipinski definition) is 2. The SMILES string of the molecule is CN=C(NCCc1ccc(C)nc1)NC1CCC(C(C)C)CC1.I. The Morgan fingerprint density at radius 2 is 1.96 bits per heavy atom. The second-order valence-corrected chi connectivity index (χ2v) is 7.06. The molecule has 0 unspecified atom stereocenters. The number of hydrogen-bond acceptors (Lipinski definition) is 2. The average Bonchev–Trinajstić information content (AvgIpc) is 2.56. The summed E-state index contributed by atoms with van der Waals surface area (Å²) in [5.41, 5.74) is 2.33. The van der Waals surface area contributed by atoms with Crippen molar-refractivity contribution in [1.82, 2.24) is 15.6 Å². The molecule has 1 fully saturated rings. The monoisotopic (exact) mass is 444 g/mol. The highest BCUT2D eigenvalue weighted by Crippen LogP contribution is 2.29. The van der Waals surface area contributed by atoms with E-state index in [0.717, 1.165) is 36.5 Å². The Kier molecular flexibility index (Phi) is 9.63. The van der Waals surface area contributed by atoms with Gasteiger partial charge in [-0.3, -0.25) is 9.98 Å². The molecule has 2 rings (SSSR count). The normalized spacial score (nSPS) is 21.3. The Morgan fingerprint density at radius 1 is 1.25 bits per heavy atom. The van der Waals surface area contributed by atoms with Crippen LogP contribution in [0.4, 0.5) is 0 Å². The van der Waals surface area contributed by atoms with Gasteiger partial charge in [-0.05, 0) is 62.5 Å². The van der Waals surface area contributed by atoms with E-state index >= 15 is 0 Å². The van der Waals surface area contributed by atoms with Gasteiger partial charge in [0.25, 0.3) is 0 Å². The van der Waals surface area contributed by atoms with Crippen molar-refractivity contribution in [3.8, 4) is 0 Å². The lowest BCUT2D eigenvalue weighted by molar-refractivity contribution is 0.250. The molecule has 0 spiro atoms. The molecular formula is C19H33IN4. The van der Waals surface area contributed by atoms with Crippen LogP contribution in [-0.2, 0) is 6.42 Å². The molecule has 0 amide bonds. The average molecular weight is 444 g/mol. The summed E-state index contributed by atoms with van der Waals surface area (Å²) < 4.78 is 0. The molecule has 136 valence electrons. The highest BCUT2D eigenvalue weighted by atomic mass is 127. The van der Waals surface area contributed by atoms with Crippen molar-refractivity contribution < 1.29 is 0 Å². The Bertz CT molecular complexity index is 491. The Morgan fingerprint density at radius 3 is 2.50 bits per heavy atom. The molecular weight excluding hydrogens is 411 g/mol. The van der Waals surface area contributed by atoms with Gasteiger partial charge in [0.2, 0.25) is 0 Å². The minimum absolute atomic E-state index is 0. The summed E-state index contributed by atoms with van der Waals surface area (Å²) in [7, 11) is 1.85. The molecule has 0 atom stereocenters. The van der Waals surface area contributed by atoms with Crippen LogP contribution in [0.5, 0.6) is 0 Å². The predicted molar refractivity (Wildman–Crippen MR) is 113 cm³/mol. The van der Waals surface area contributed by atoms with Crippen molar-refractivity contribution in [2.24, 2.45) is 16.8 Å². The molecule has 24 heavy (non-hydrogen) atoms. The smallest absolute Gasteiger partial charge is 0.191 e. The fourth-order valence-corrected chi connectivity index (χ4v) is 3.29. The van der Waals surface area contributed by atoms with Crippen LogP contribution in [0.25, 0.3) is 0 Å². The lowest BCUT2D eigenvalue weighted by atomic mass is 9.80. The summed E-state index contributed by atoms with van der Waals surface area (Å²) >= 11 is 0.